The van der Waals surface area contributed by atoms with Crippen molar-refractivity contribution in [3.63, 3.8) is 0 Å². The molecule has 4 rings (SSSR count). The van der Waals surface area contributed by atoms with Crippen LogP contribution in [-0.2, 0) is 0 Å². The lowest BCUT2D eigenvalue weighted by Crippen LogP contribution is -2.14. The fraction of sp³-hybridized carbons (Fsp3) is 0.0417. The average Bonchev–Trinajstić information content (AvgIpc) is 2.80. The van der Waals surface area contributed by atoms with Crippen LogP contribution < -0.4 is 10.1 Å². The first kappa shape index (κ1) is 18.4. The number of carbonyl (C=O) groups is 1. The predicted molar refractivity (Wildman–Crippen MR) is 114 cm³/mol. The number of ether oxygens (including phenoxy) is 1. The van der Waals surface area contributed by atoms with Crippen molar-refractivity contribution < 1.29 is 9.53 Å². The monoisotopic (exact) mass is 381 g/mol. The smallest absolute Gasteiger partial charge is 0.258 e. The molecule has 0 fully saturated rings. The lowest BCUT2D eigenvalue weighted by atomic mass is 10.1. The molecule has 1 heterocycles. The third-order valence-corrected chi connectivity index (χ3v) is 4.44. The van der Waals surface area contributed by atoms with Gasteiger partial charge in [-0.2, -0.15) is 0 Å². The summed E-state index contributed by atoms with van der Waals surface area (Å²) in [6, 6.07) is 28.3. The first-order valence-electron chi connectivity index (χ1n) is 9.18. The largest absolute Gasteiger partial charge is 0.497 e. The van der Waals surface area contributed by atoms with E-state index in [1.807, 2.05) is 78.9 Å². The molecule has 0 unspecified atom stereocenters. The van der Waals surface area contributed by atoms with Gasteiger partial charge in [-0.05, 0) is 42.5 Å². The molecule has 0 atom stereocenters. The molecular weight excluding hydrogens is 362 g/mol. The maximum atomic E-state index is 12.6. The van der Waals surface area contributed by atoms with E-state index in [1.54, 1.807) is 19.2 Å². The molecule has 142 valence electrons. The first-order chi connectivity index (χ1) is 14.2. The molecule has 0 aliphatic heterocycles. The summed E-state index contributed by atoms with van der Waals surface area (Å²) in [4.78, 5) is 21.7. The minimum Gasteiger partial charge on any atom is -0.497 e. The molecule has 4 aromatic rings. The van der Waals surface area contributed by atoms with Crippen LogP contribution in [0.2, 0.25) is 0 Å². The van der Waals surface area contributed by atoms with Crippen molar-refractivity contribution in [2.24, 2.45) is 0 Å². The Hall–Kier alpha value is -3.99. The van der Waals surface area contributed by atoms with E-state index in [1.165, 1.54) is 0 Å². The van der Waals surface area contributed by atoms with Gasteiger partial charge in [-0.25, -0.2) is 9.97 Å². The summed E-state index contributed by atoms with van der Waals surface area (Å²) in [5.74, 6) is 0.770. The third-order valence-electron chi connectivity index (χ3n) is 4.44. The molecule has 1 amide bonds. The Morgan fingerprint density at radius 2 is 1.31 bits per heavy atom. The number of benzene rings is 3. The number of aromatic nitrogens is 2. The van der Waals surface area contributed by atoms with Gasteiger partial charge in [0.2, 0.25) is 5.95 Å². The topological polar surface area (TPSA) is 64.1 Å². The van der Waals surface area contributed by atoms with Crippen molar-refractivity contribution in [2.45, 2.75) is 0 Å². The van der Waals surface area contributed by atoms with Crippen molar-refractivity contribution >= 4 is 11.9 Å². The Labute approximate surface area is 169 Å². The number of amides is 1. The summed E-state index contributed by atoms with van der Waals surface area (Å²) >= 11 is 0. The van der Waals surface area contributed by atoms with Crippen LogP contribution in [0.5, 0.6) is 5.75 Å². The van der Waals surface area contributed by atoms with Crippen molar-refractivity contribution in [3.8, 4) is 28.3 Å². The number of hydrogen-bond donors (Lipinski definition) is 1. The zero-order valence-electron chi connectivity index (χ0n) is 15.9. The van der Waals surface area contributed by atoms with E-state index in [4.69, 9.17) is 4.74 Å². The highest BCUT2D eigenvalue weighted by molar-refractivity contribution is 6.03. The number of nitrogens with zero attached hydrogens (tertiary/aromatic N) is 2. The highest BCUT2D eigenvalue weighted by Crippen LogP contribution is 2.26. The van der Waals surface area contributed by atoms with Gasteiger partial charge in [-0.1, -0.05) is 48.5 Å². The standard InChI is InChI=1S/C24H19N3O2/c1-29-20-14-12-18(13-15-20)22-16-21(17-8-4-2-5-9-17)25-24(26-22)27-23(28)19-10-6-3-7-11-19/h2-16H,1H3,(H,25,26,27,28). The Kier molecular flexibility index (Phi) is 5.29. The number of carbonyl (C=O) groups excluding carboxylic acids is 1. The molecular formula is C24H19N3O2. The molecule has 0 aliphatic carbocycles. The Morgan fingerprint density at radius 3 is 1.90 bits per heavy atom. The fourth-order valence-corrected chi connectivity index (χ4v) is 2.93. The van der Waals surface area contributed by atoms with Crippen LogP contribution >= 0.6 is 0 Å². The molecule has 0 radical (unpaired) electrons. The Balaban J connectivity index is 1.74. The Bertz CT molecular complexity index is 1110. The second kappa shape index (κ2) is 8.35. The second-order valence-electron chi connectivity index (χ2n) is 6.38. The zero-order chi connectivity index (χ0) is 20.1. The average molecular weight is 381 g/mol. The highest BCUT2D eigenvalue weighted by Gasteiger charge is 2.12. The van der Waals surface area contributed by atoms with Crippen LogP contribution in [0, 0.1) is 0 Å². The van der Waals surface area contributed by atoms with Crippen LogP contribution in [-0.4, -0.2) is 23.0 Å². The fourth-order valence-electron chi connectivity index (χ4n) is 2.93. The highest BCUT2D eigenvalue weighted by atomic mass is 16.5. The molecule has 0 saturated heterocycles. The van der Waals surface area contributed by atoms with Gasteiger partial charge in [0.05, 0.1) is 18.5 Å². The molecule has 5 heteroatoms. The molecule has 0 aliphatic rings. The second-order valence-corrected chi connectivity index (χ2v) is 6.38. The number of methoxy groups -OCH3 is 1. The molecule has 0 bridgehead atoms. The van der Waals surface area contributed by atoms with Crippen molar-refractivity contribution in [1.29, 1.82) is 0 Å². The van der Waals surface area contributed by atoms with E-state index >= 15 is 0 Å². The molecule has 0 saturated carbocycles. The van der Waals surface area contributed by atoms with Crippen LogP contribution in [0.1, 0.15) is 10.4 Å². The number of nitrogens with one attached hydrogen (secondary N) is 1. The van der Waals surface area contributed by atoms with Gasteiger partial charge >= 0.3 is 0 Å². The zero-order valence-corrected chi connectivity index (χ0v) is 15.9. The molecule has 5 nitrogen and oxygen atoms in total. The van der Waals surface area contributed by atoms with Crippen LogP contribution in [0.15, 0.2) is 91.0 Å². The first-order valence-corrected chi connectivity index (χ1v) is 9.18. The molecule has 1 N–H and O–H groups in total. The van der Waals surface area contributed by atoms with Crippen LogP contribution in [0.4, 0.5) is 5.95 Å². The van der Waals surface area contributed by atoms with Gasteiger partial charge in [0.1, 0.15) is 5.75 Å². The van der Waals surface area contributed by atoms with E-state index in [-0.39, 0.29) is 11.9 Å². The summed E-state index contributed by atoms with van der Waals surface area (Å²) < 4.78 is 5.23. The minimum atomic E-state index is -0.253. The van der Waals surface area contributed by atoms with E-state index in [2.05, 4.69) is 15.3 Å². The summed E-state index contributed by atoms with van der Waals surface area (Å²) in [7, 11) is 1.63. The van der Waals surface area contributed by atoms with Gasteiger partial charge in [-0.15, -0.1) is 0 Å². The van der Waals surface area contributed by atoms with E-state index in [9.17, 15) is 4.79 Å². The van der Waals surface area contributed by atoms with E-state index < -0.39 is 0 Å². The van der Waals surface area contributed by atoms with E-state index in [0.717, 1.165) is 22.6 Å². The van der Waals surface area contributed by atoms with Crippen molar-refractivity contribution in [1.82, 2.24) is 9.97 Å². The van der Waals surface area contributed by atoms with Gasteiger partial charge in [0.15, 0.2) is 0 Å². The SMILES string of the molecule is COc1ccc(-c2cc(-c3ccccc3)nc(NC(=O)c3ccccc3)n2)cc1. The summed E-state index contributed by atoms with van der Waals surface area (Å²) in [6.07, 6.45) is 0. The summed E-state index contributed by atoms with van der Waals surface area (Å²) in [5, 5.41) is 2.82. The lowest BCUT2D eigenvalue weighted by molar-refractivity contribution is 0.102. The molecule has 1 aromatic heterocycles. The number of hydrogen-bond acceptors (Lipinski definition) is 4. The predicted octanol–water partition coefficient (Wildman–Crippen LogP) is 5.07. The van der Waals surface area contributed by atoms with Crippen molar-refractivity contribution in [2.75, 3.05) is 12.4 Å². The van der Waals surface area contributed by atoms with Gasteiger partial charge in [-0.3, -0.25) is 10.1 Å². The minimum absolute atomic E-state index is 0.253. The maximum Gasteiger partial charge on any atom is 0.258 e. The van der Waals surface area contributed by atoms with Gasteiger partial charge in [0, 0.05) is 16.7 Å². The van der Waals surface area contributed by atoms with Crippen LogP contribution in [0.25, 0.3) is 22.5 Å². The maximum absolute atomic E-state index is 12.6. The summed E-state index contributed by atoms with van der Waals surface area (Å²) in [5.41, 5.74) is 3.84. The number of anilines is 1. The lowest BCUT2D eigenvalue weighted by Gasteiger charge is -2.10. The van der Waals surface area contributed by atoms with Crippen LogP contribution in [0.3, 0.4) is 0 Å². The third kappa shape index (κ3) is 4.30. The van der Waals surface area contributed by atoms with Gasteiger partial charge in [0.25, 0.3) is 5.91 Å². The molecule has 3 aromatic carbocycles. The summed E-state index contributed by atoms with van der Waals surface area (Å²) in [6.45, 7) is 0. The number of rotatable bonds is 5. The van der Waals surface area contributed by atoms with E-state index in [0.29, 0.717) is 11.3 Å². The molecule has 0 spiro atoms. The Morgan fingerprint density at radius 1 is 0.759 bits per heavy atom. The molecule has 29 heavy (non-hydrogen) atoms. The normalized spacial score (nSPS) is 10.4. The van der Waals surface area contributed by atoms with Gasteiger partial charge < -0.3 is 4.74 Å². The quantitative estimate of drug-likeness (QED) is 0.524. The van der Waals surface area contributed by atoms with Crippen molar-refractivity contribution in [3.05, 3.63) is 96.6 Å².